The van der Waals surface area contributed by atoms with Gasteiger partial charge in [0, 0.05) is 0 Å². The van der Waals surface area contributed by atoms with Crippen molar-refractivity contribution in [2.45, 2.75) is 45.2 Å². The number of nitrogens with one attached hydrogen (secondary N) is 2. The summed E-state index contributed by atoms with van der Waals surface area (Å²) in [5.74, 6) is 0.634. The molecule has 0 fully saturated rings. The first-order chi connectivity index (χ1) is 10.4. The van der Waals surface area contributed by atoms with Crippen molar-refractivity contribution in [2.24, 2.45) is 0 Å². The molecule has 2 aromatic rings. The van der Waals surface area contributed by atoms with Crippen molar-refractivity contribution in [3.8, 4) is 0 Å². The monoisotopic (exact) mass is 286 g/mol. The van der Waals surface area contributed by atoms with Crippen LogP contribution in [0.3, 0.4) is 0 Å². The third kappa shape index (κ3) is 3.42. The van der Waals surface area contributed by atoms with Crippen LogP contribution in [0.4, 0.5) is 6.01 Å². The minimum Gasteiger partial charge on any atom is -0.407 e. The van der Waals surface area contributed by atoms with Crippen LogP contribution >= 0.6 is 0 Å². The highest BCUT2D eigenvalue weighted by molar-refractivity contribution is 5.37. The quantitative estimate of drug-likeness (QED) is 0.799. The molecule has 21 heavy (non-hydrogen) atoms. The van der Waals surface area contributed by atoms with Gasteiger partial charge in [0.2, 0.25) is 5.89 Å². The molecule has 112 valence electrons. The zero-order valence-electron chi connectivity index (χ0n) is 12.4. The summed E-state index contributed by atoms with van der Waals surface area (Å²) >= 11 is 0. The molecule has 1 aromatic carbocycles. The molecule has 1 aliphatic rings. The van der Waals surface area contributed by atoms with E-state index in [-0.39, 0.29) is 6.04 Å². The fourth-order valence-corrected chi connectivity index (χ4v) is 2.81. The maximum absolute atomic E-state index is 5.65. The van der Waals surface area contributed by atoms with E-state index >= 15 is 0 Å². The number of hydrogen-bond donors (Lipinski definition) is 2. The molecule has 2 N–H and O–H groups in total. The van der Waals surface area contributed by atoms with Crippen molar-refractivity contribution in [3.63, 3.8) is 0 Å². The second-order valence-corrected chi connectivity index (χ2v) is 5.47. The van der Waals surface area contributed by atoms with Gasteiger partial charge in [0.15, 0.2) is 0 Å². The molecule has 0 aliphatic heterocycles. The Morgan fingerprint density at radius 2 is 2.19 bits per heavy atom. The number of rotatable bonds is 6. The van der Waals surface area contributed by atoms with Gasteiger partial charge >= 0.3 is 6.01 Å². The van der Waals surface area contributed by atoms with E-state index in [0.717, 1.165) is 25.8 Å². The lowest BCUT2D eigenvalue weighted by atomic mass is 9.88. The Balaban J connectivity index is 1.65. The average Bonchev–Trinajstić information content (AvgIpc) is 2.96. The van der Waals surface area contributed by atoms with Crippen LogP contribution in [0.25, 0.3) is 0 Å². The molecule has 0 saturated heterocycles. The molecule has 0 saturated carbocycles. The Morgan fingerprint density at radius 3 is 3.10 bits per heavy atom. The Bertz CT molecular complexity index is 581. The summed E-state index contributed by atoms with van der Waals surface area (Å²) in [7, 11) is 0. The zero-order valence-corrected chi connectivity index (χ0v) is 12.4. The molecule has 0 amide bonds. The first-order valence-electron chi connectivity index (χ1n) is 7.74. The van der Waals surface area contributed by atoms with Gasteiger partial charge < -0.3 is 15.1 Å². The van der Waals surface area contributed by atoms with Crippen LogP contribution in [-0.2, 0) is 13.0 Å². The summed E-state index contributed by atoms with van der Waals surface area (Å²) in [4.78, 5) is 0. The number of hydrogen-bond acceptors (Lipinski definition) is 5. The summed E-state index contributed by atoms with van der Waals surface area (Å²) in [6, 6.07) is 9.37. The first-order valence-corrected chi connectivity index (χ1v) is 7.74. The molecule has 1 atom stereocenters. The smallest absolute Gasteiger partial charge is 0.315 e. The van der Waals surface area contributed by atoms with Gasteiger partial charge in [-0.15, -0.1) is 5.10 Å². The summed E-state index contributed by atoms with van der Waals surface area (Å²) < 4.78 is 5.65. The average molecular weight is 286 g/mol. The molecular weight excluding hydrogens is 264 g/mol. The van der Waals surface area contributed by atoms with E-state index in [1.54, 1.807) is 0 Å². The molecule has 0 radical (unpaired) electrons. The van der Waals surface area contributed by atoms with Gasteiger partial charge in [-0.3, -0.25) is 0 Å². The van der Waals surface area contributed by atoms with E-state index in [4.69, 9.17) is 4.42 Å². The van der Waals surface area contributed by atoms with Crippen LogP contribution in [0.1, 0.15) is 49.2 Å². The lowest BCUT2D eigenvalue weighted by molar-refractivity contribution is 0.468. The van der Waals surface area contributed by atoms with Crippen LogP contribution in [0.2, 0.25) is 0 Å². The highest BCUT2D eigenvalue weighted by Crippen LogP contribution is 2.31. The van der Waals surface area contributed by atoms with Gasteiger partial charge in [-0.05, 0) is 43.4 Å². The van der Waals surface area contributed by atoms with Crippen LogP contribution in [-0.4, -0.2) is 16.7 Å². The summed E-state index contributed by atoms with van der Waals surface area (Å²) in [6.45, 7) is 3.72. The summed E-state index contributed by atoms with van der Waals surface area (Å²) in [5, 5.41) is 14.8. The number of benzene rings is 1. The normalized spacial score (nSPS) is 17.5. The lowest BCUT2D eigenvalue weighted by Gasteiger charge is -2.25. The van der Waals surface area contributed by atoms with Crippen molar-refractivity contribution in [2.75, 3.05) is 11.9 Å². The SMILES string of the molecule is CCCNCc1nnc(NC2CCCc3ccccc32)o1. The molecule has 1 aliphatic carbocycles. The Labute approximate surface area is 125 Å². The predicted octanol–water partition coefficient (Wildman–Crippen LogP) is 3.06. The summed E-state index contributed by atoms with van der Waals surface area (Å²) in [5.41, 5.74) is 2.78. The number of nitrogens with zero attached hydrogens (tertiary/aromatic N) is 2. The van der Waals surface area contributed by atoms with Crippen LogP contribution in [0.15, 0.2) is 28.7 Å². The number of aromatic nitrogens is 2. The Hall–Kier alpha value is -1.88. The van der Waals surface area contributed by atoms with E-state index in [1.807, 2.05) is 0 Å². The molecular formula is C16H22N4O. The van der Waals surface area contributed by atoms with Gasteiger partial charge in [0.05, 0.1) is 12.6 Å². The third-order valence-electron chi connectivity index (χ3n) is 3.84. The number of aryl methyl sites for hydroxylation is 1. The first kappa shape index (κ1) is 14.1. The predicted molar refractivity (Wildman–Crippen MR) is 82.0 cm³/mol. The largest absolute Gasteiger partial charge is 0.407 e. The number of fused-ring (bicyclic) bond motifs is 1. The molecule has 5 nitrogen and oxygen atoms in total. The second kappa shape index (κ2) is 6.72. The highest BCUT2D eigenvalue weighted by atomic mass is 16.4. The number of anilines is 1. The molecule has 5 heteroatoms. The van der Waals surface area contributed by atoms with Crippen molar-refractivity contribution in [3.05, 3.63) is 41.3 Å². The van der Waals surface area contributed by atoms with Crippen LogP contribution in [0.5, 0.6) is 0 Å². The Morgan fingerprint density at radius 1 is 1.29 bits per heavy atom. The molecule has 1 aromatic heterocycles. The summed E-state index contributed by atoms with van der Waals surface area (Å²) in [6.07, 6.45) is 4.54. The van der Waals surface area contributed by atoms with Gasteiger partial charge in [0.1, 0.15) is 0 Å². The molecule has 0 bridgehead atoms. The maximum Gasteiger partial charge on any atom is 0.315 e. The zero-order chi connectivity index (χ0) is 14.5. The van der Waals surface area contributed by atoms with Crippen molar-refractivity contribution in [1.29, 1.82) is 0 Å². The minimum absolute atomic E-state index is 0.270. The molecule has 1 unspecified atom stereocenters. The fourth-order valence-electron chi connectivity index (χ4n) is 2.81. The van der Waals surface area contributed by atoms with Gasteiger partial charge in [0.25, 0.3) is 0 Å². The van der Waals surface area contributed by atoms with E-state index in [9.17, 15) is 0 Å². The van der Waals surface area contributed by atoms with E-state index in [2.05, 4.69) is 52.0 Å². The fraction of sp³-hybridized carbons (Fsp3) is 0.500. The molecule has 1 heterocycles. The van der Waals surface area contributed by atoms with Crippen molar-refractivity contribution >= 4 is 6.01 Å². The maximum atomic E-state index is 5.65. The van der Waals surface area contributed by atoms with Gasteiger partial charge in [-0.2, -0.15) is 0 Å². The highest BCUT2D eigenvalue weighted by Gasteiger charge is 2.21. The Kier molecular flexibility index (Phi) is 4.50. The van der Waals surface area contributed by atoms with E-state index < -0.39 is 0 Å². The lowest BCUT2D eigenvalue weighted by Crippen LogP contribution is -2.17. The van der Waals surface area contributed by atoms with Gasteiger partial charge in [-0.25, -0.2) is 0 Å². The van der Waals surface area contributed by atoms with Gasteiger partial charge in [-0.1, -0.05) is 36.3 Å². The van der Waals surface area contributed by atoms with Crippen molar-refractivity contribution in [1.82, 2.24) is 15.5 Å². The van der Waals surface area contributed by atoms with Crippen LogP contribution < -0.4 is 10.6 Å². The standard InChI is InChI=1S/C16H22N4O/c1-2-10-17-11-15-19-20-16(21-15)18-14-9-5-7-12-6-3-4-8-13(12)14/h3-4,6,8,14,17H,2,5,7,9-11H2,1H3,(H,18,20). The van der Waals surface area contributed by atoms with Crippen molar-refractivity contribution < 1.29 is 4.42 Å². The van der Waals surface area contributed by atoms with Crippen LogP contribution in [0, 0.1) is 0 Å². The second-order valence-electron chi connectivity index (χ2n) is 5.47. The van der Waals surface area contributed by atoms with E-state index in [0.29, 0.717) is 18.5 Å². The topological polar surface area (TPSA) is 63.0 Å². The molecule has 0 spiro atoms. The third-order valence-corrected chi connectivity index (χ3v) is 3.84. The van der Waals surface area contributed by atoms with E-state index in [1.165, 1.54) is 17.5 Å². The molecule has 3 rings (SSSR count). The minimum atomic E-state index is 0.270.